The first-order valence-electron chi connectivity index (χ1n) is 15.2. The number of hydrogen-bond acceptors (Lipinski definition) is 4. The molecular formula is C26H58Na2O8S2. The van der Waals surface area contributed by atoms with Crippen molar-refractivity contribution in [1.29, 1.82) is 0 Å². The molecule has 0 amide bonds. The third kappa shape index (κ3) is 90.4. The Morgan fingerprint density at radius 1 is 0.368 bits per heavy atom. The van der Waals surface area contributed by atoms with Crippen molar-refractivity contribution in [2.24, 2.45) is 0 Å². The minimum atomic E-state index is -4.67. The van der Waals surface area contributed by atoms with Crippen molar-refractivity contribution in [2.45, 2.75) is 162 Å². The molecule has 0 aromatic carbocycles. The van der Waals surface area contributed by atoms with Gasteiger partial charge in [0.1, 0.15) is 0 Å². The van der Waals surface area contributed by atoms with Crippen LogP contribution in [0, 0.1) is 0 Å². The van der Waals surface area contributed by atoms with Crippen LogP contribution in [0.2, 0.25) is 7.34 Å². The monoisotopic (exact) mass is 608 g/mol. The molecule has 0 aliphatic rings. The fourth-order valence-electron chi connectivity index (χ4n) is 3.83. The van der Waals surface area contributed by atoms with Gasteiger partial charge in [0.25, 0.3) is 0 Å². The van der Waals surface area contributed by atoms with E-state index in [1.165, 1.54) is 204 Å². The summed E-state index contributed by atoms with van der Waals surface area (Å²) in [6.07, 6.45) is 32.5. The molecule has 38 heavy (non-hydrogen) atoms. The predicted molar refractivity (Wildman–Crippen MR) is 162 cm³/mol. The van der Waals surface area contributed by atoms with Gasteiger partial charge in [-0.05, 0) is 0 Å². The van der Waals surface area contributed by atoms with E-state index in [9.17, 15) is 0 Å². The molecule has 224 valence electrons. The summed E-state index contributed by atoms with van der Waals surface area (Å²) in [6.45, 7) is 4.58. The van der Waals surface area contributed by atoms with Crippen molar-refractivity contribution in [2.75, 3.05) is 0 Å². The first-order chi connectivity index (χ1) is 17.8. The quantitative estimate of drug-likeness (QED) is 0.0543. The molecule has 0 spiro atoms. The van der Waals surface area contributed by atoms with Crippen molar-refractivity contribution in [1.82, 2.24) is 0 Å². The molecule has 0 fully saturated rings. The van der Waals surface area contributed by atoms with Gasteiger partial charge in [-0.3, -0.25) is 18.2 Å². The maximum absolute atomic E-state index is 8.74. The standard InChI is InChI=1S/2C13H27.2Na.2H2O4S/c2*1-3-5-7-9-11-13-12-10-8-6-4-2;;;2*1-5(2,3)4/h2*1,3-13H2,2H3;;;2*(H2,1,2,3,4). The van der Waals surface area contributed by atoms with Crippen LogP contribution in [0.15, 0.2) is 0 Å². The van der Waals surface area contributed by atoms with Gasteiger partial charge < -0.3 is 0 Å². The largest absolute Gasteiger partial charge is 0.394 e. The number of rotatable bonds is 22. The van der Waals surface area contributed by atoms with Crippen LogP contribution < -0.4 is 0 Å². The molecule has 0 saturated heterocycles. The van der Waals surface area contributed by atoms with Crippen LogP contribution in [-0.4, -0.2) is 90.9 Å². The van der Waals surface area contributed by atoms with Crippen molar-refractivity contribution < 1.29 is 35.0 Å². The second kappa shape index (κ2) is 38.7. The van der Waals surface area contributed by atoms with Gasteiger partial charge in [-0.25, -0.2) is 0 Å². The van der Waals surface area contributed by atoms with Crippen molar-refractivity contribution in [3.63, 3.8) is 0 Å². The summed E-state index contributed by atoms with van der Waals surface area (Å²) in [5, 5.41) is 0. The average Bonchev–Trinajstić information content (AvgIpc) is 2.80. The Morgan fingerprint density at radius 3 is 0.632 bits per heavy atom. The van der Waals surface area contributed by atoms with E-state index in [1.54, 1.807) is 0 Å². The molecule has 0 bridgehead atoms. The summed E-state index contributed by atoms with van der Waals surface area (Å²) in [7, 11) is -9.33. The van der Waals surface area contributed by atoms with E-state index in [2.05, 4.69) is 13.8 Å². The van der Waals surface area contributed by atoms with Crippen molar-refractivity contribution in [3.05, 3.63) is 0 Å². The summed E-state index contributed by atoms with van der Waals surface area (Å²) in [5.41, 5.74) is 0. The molecule has 0 heterocycles. The second-order valence-electron chi connectivity index (χ2n) is 9.97. The number of hydrogen-bond donors (Lipinski definition) is 4. The minimum absolute atomic E-state index is 1.38. The summed E-state index contributed by atoms with van der Waals surface area (Å²) in [6, 6.07) is 0. The van der Waals surface area contributed by atoms with Gasteiger partial charge in [0.15, 0.2) is 0 Å². The van der Waals surface area contributed by atoms with Gasteiger partial charge in [0, 0.05) is 0 Å². The first kappa shape index (κ1) is 46.7. The predicted octanol–water partition coefficient (Wildman–Crippen LogP) is 8.46. The summed E-state index contributed by atoms with van der Waals surface area (Å²) >= 11 is 2.82. The summed E-state index contributed by atoms with van der Waals surface area (Å²) in [4.78, 5) is 0. The van der Waals surface area contributed by atoms with Crippen LogP contribution in [0.5, 0.6) is 0 Å². The van der Waals surface area contributed by atoms with E-state index in [0.29, 0.717) is 0 Å². The smallest absolute Gasteiger partial charge is 0.264 e. The maximum atomic E-state index is 8.74. The Kier molecular flexibility index (Phi) is 47.6. The first-order valence-corrected chi connectivity index (χ1v) is 20.8. The van der Waals surface area contributed by atoms with Gasteiger partial charge >= 0.3 is 225 Å². The Morgan fingerprint density at radius 2 is 0.500 bits per heavy atom. The molecular weight excluding hydrogens is 550 g/mol. The molecule has 0 aromatic heterocycles. The molecule has 12 heteroatoms. The number of unbranched alkanes of at least 4 members (excludes halogenated alkanes) is 20. The van der Waals surface area contributed by atoms with Gasteiger partial charge in [-0.1, -0.05) is 13.8 Å². The third-order valence-corrected chi connectivity index (χ3v) is 7.33. The fourth-order valence-corrected chi connectivity index (χ4v) is 4.83. The van der Waals surface area contributed by atoms with Crippen LogP contribution in [0.3, 0.4) is 0 Å². The SMILES string of the molecule is CCCCCCCCCCCC[CH2][Na].CCCCCCCCCCCC[CH2][Na].O=S(=O)(O)O.O=S(=O)(O)O. The van der Waals surface area contributed by atoms with Crippen LogP contribution in [-0.2, 0) is 20.8 Å². The zero-order chi connectivity index (χ0) is 30.0. The van der Waals surface area contributed by atoms with Gasteiger partial charge in [0.2, 0.25) is 0 Å². The van der Waals surface area contributed by atoms with Crippen molar-refractivity contribution in [3.8, 4) is 0 Å². The van der Waals surface area contributed by atoms with E-state index >= 15 is 0 Å². The normalized spacial score (nSPS) is 11.0. The fraction of sp³-hybridized carbons (Fsp3) is 1.00. The molecule has 8 nitrogen and oxygen atoms in total. The van der Waals surface area contributed by atoms with E-state index in [4.69, 9.17) is 35.0 Å². The third-order valence-electron chi connectivity index (χ3n) is 5.91. The second-order valence-corrected chi connectivity index (χ2v) is 13.8. The van der Waals surface area contributed by atoms with Gasteiger partial charge in [-0.2, -0.15) is 16.8 Å². The molecule has 0 aliphatic heterocycles. The molecule has 0 rings (SSSR count). The Labute approximate surface area is 271 Å². The Balaban J connectivity index is -0.000000225. The van der Waals surface area contributed by atoms with E-state index in [0.717, 1.165) is 0 Å². The zero-order valence-electron chi connectivity index (χ0n) is 25.2. The molecule has 0 saturated carbocycles. The van der Waals surface area contributed by atoms with E-state index in [1.807, 2.05) is 0 Å². The summed E-state index contributed by atoms with van der Waals surface area (Å²) in [5.74, 6) is 0. The average molecular weight is 609 g/mol. The van der Waals surface area contributed by atoms with Gasteiger partial charge in [0.05, 0.1) is 0 Å². The Bertz CT molecular complexity index is 525. The van der Waals surface area contributed by atoms with Gasteiger partial charge in [-0.15, -0.1) is 0 Å². The molecule has 0 aromatic rings. The molecule has 0 unspecified atom stereocenters. The Hall–Kier alpha value is 1.74. The zero-order valence-corrected chi connectivity index (χ0v) is 30.8. The maximum Gasteiger partial charge on any atom is 0.394 e. The van der Waals surface area contributed by atoms with Crippen LogP contribution in [0.1, 0.15) is 155 Å². The topological polar surface area (TPSA) is 149 Å². The molecule has 0 radical (unpaired) electrons. The molecule has 4 N–H and O–H groups in total. The van der Waals surface area contributed by atoms with Crippen LogP contribution in [0.25, 0.3) is 0 Å². The minimum Gasteiger partial charge on any atom is -0.264 e. The summed E-state index contributed by atoms with van der Waals surface area (Å²) < 4.78 is 66.2. The van der Waals surface area contributed by atoms with E-state index < -0.39 is 20.8 Å². The van der Waals surface area contributed by atoms with E-state index in [-0.39, 0.29) is 0 Å². The van der Waals surface area contributed by atoms with Crippen LogP contribution >= 0.6 is 0 Å². The molecule has 0 aliphatic carbocycles. The van der Waals surface area contributed by atoms with Crippen molar-refractivity contribution >= 4 is 76.7 Å². The van der Waals surface area contributed by atoms with Crippen LogP contribution in [0.4, 0.5) is 0 Å². The molecule has 0 atom stereocenters.